The quantitative estimate of drug-likeness (QED) is 0.488. The van der Waals surface area contributed by atoms with Gasteiger partial charge in [-0.1, -0.05) is 17.7 Å². The number of nitrogens with zero attached hydrogens (tertiary/aromatic N) is 5. The van der Waals surface area contributed by atoms with Crippen LogP contribution in [-0.2, 0) is 0 Å². The number of aromatic nitrogens is 4. The maximum absolute atomic E-state index is 14.5. The van der Waals surface area contributed by atoms with Crippen LogP contribution in [-0.4, -0.2) is 26.6 Å². The minimum Gasteiger partial charge on any atom is -0.326 e. The second kappa shape index (κ2) is 5.68. The van der Waals surface area contributed by atoms with E-state index in [4.69, 9.17) is 11.6 Å². The number of rotatable bonds is 2. The third kappa shape index (κ3) is 2.32. The van der Waals surface area contributed by atoms with E-state index in [2.05, 4.69) is 31.1 Å². The first kappa shape index (κ1) is 15.3. The van der Waals surface area contributed by atoms with Gasteiger partial charge in [-0.05, 0) is 46.3 Å². The van der Waals surface area contributed by atoms with Crippen molar-refractivity contribution in [3.63, 3.8) is 0 Å². The Morgan fingerprint density at radius 3 is 2.92 bits per heavy atom. The lowest BCUT2D eigenvalue weighted by Gasteiger charge is -2.21. The van der Waals surface area contributed by atoms with Crippen LogP contribution in [0.1, 0.15) is 0 Å². The summed E-state index contributed by atoms with van der Waals surface area (Å²) in [5, 5.41) is 9.30. The third-order valence-corrected chi connectivity index (χ3v) is 4.65. The monoisotopic (exact) mass is 405 g/mol. The van der Waals surface area contributed by atoms with Gasteiger partial charge in [0.2, 0.25) is 0 Å². The van der Waals surface area contributed by atoms with E-state index < -0.39 is 0 Å². The number of halogens is 3. The van der Waals surface area contributed by atoms with Crippen LogP contribution in [0.15, 0.2) is 47.2 Å². The Hall–Kier alpha value is -2.25. The summed E-state index contributed by atoms with van der Waals surface area (Å²) < 4.78 is 16.6. The maximum Gasteiger partial charge on any atom is 0.257 e. The minimum absolute atomic E-state index is 0.356. The average Bonchev–Trinajstić information content (AvgIpc) is 3.04. The Morgan fingerprint density at radius 2 is 2.08 bits per heavy atom. The molecule has 0 spiro atoms. The second-order valence-electron chi connectivity index (χ2n) is 5.23. The van der Waals surface area contributed by atoms with Gasteiger partial charge >= 0.3 is 0 Å². The van der Waals surface area contributed by atoms with Gasteiger partial charge in [0, 0.05) is 17.5 Å². The number of anilines is 2. The highest BCUT2D eigenvalue weighted by molar-refractivity contribution is 9.10. The molecular weight excluding hydrogens is 397 g/mol. The molecule has 2 aromatic heterocycles. The number of hydrogen-bond donors (Lipinski definition) is 0. The molecule has 0 aliphatic rings. The normalized spacial score (nSPS) is 11.3. The molecule has 5 nitrogen and oxygen atoms in total. The highest BCUT2D eigenvalue weighted by Gasteiger charge is 2.18. The Balaban J connectivity index is 2.02. The zero-order valence-corrected chi connectivity index (χ0v) is 14.8. The van der Waals surface area contributed by atoms with E-state index in [1.165, 1.54) is 0 Å². The fourth-order valence-corrected chi connectivity index (χ4v) is 3.17. The molecule has 8 heteroatoms. The van der Waals surface area contributed by atoms with E-state index >= 15 is 0 Å². The minimum atomic E-state index is -0.356. The van der Waals surface area contributed by atoms with E-state index in [1.54, 1.807) is 46.9 Å². The van der Waals surface area contributed by atoms with Gasteiger partial charge < -0.3 is 4.90 Å². The molecule has 24 heavy (non-hydrogen) atoms. The van der Waals surface area contributed by atoms with Crippen LogP contribution in [0.3, 0.4) is 0 Å². The summed E-state index contributed by atoms with van der Waals surface area (Å²) in [4.78, 5) is 6.22. The summed E-state index contributed by atoms with van der Waals surface area (Å²) in [5.74, 6) is 0.631. The first-order valence-corrected chi connectivity index (χ1v) is 8.20. The van der Waals surface area contributed by atoms with Gasteiger partial charge in [-0.3, -0.25) is 4.40 Å². The number of benzene rings is 2. The zero-order valence-electron chi connectivity index (χ0n) is 12.4. The van der Waals surface area contributed by atoms with Crippen LogP contribution >= 0.6 is 27.5 Å². The average molecular weight is 407 g/mol. The van der Waals surface area contributed by atoms with E-state index in [9.17, 15) is 4.39 Å². The molecule has 0 saturated carbocycles. The van der Waals surface area contributed by atoms with Crippen LogP contribution in [0.5, 0.6) is 0 Å². The lowest BCUT2D eigenvalue weighted by atomic mass is 10.2. The lowest BCUT2D eigenvalue weighted by Crippen LogP contribution is -2.14. The lowest BCUT2D eigenvalue weighted by molar-refractivity contribution is 0.621. The van der Waals surface area contributed by atoms with E-state index in [1.807, 2.05) is 12.1 Å². The van der Waals surface area contributed by atoms with E-state index in [0.717, 1.165) is 10.9 Å². The van der Waals surface area contributed by atoms with Crippen molar-refractivity contribution in [2.75, 3.05) is 11.9 Å². The topological polar surface area (TPSA) is 46.3 Å². The molecule has 0 saturated heterocycles. The molecule has 0 amide bonds. The highest BCUT2D eigenvalue weighted by atomic mass is 79.9. The van der Waals surface area contributed by atoms with E-state index in [0.29, 0.717) is 26.8 Å². The molecule has 0 radical (unpaired) electrons. The molecule has 2 aromatic carbocycles. The van der Waals surface area contributed by atoms with Crippen molar-refractivity contribution in [2.45, 2.75) is 0 Å². The molecule has 4 rings (SSSR count). The Morgan fingerprint density at radius 1 is 1.25 bits per heavy atom. The largest absolute Gasteiger partial charge is 0.326 e. The van der Waals surface area contributed by atoms with Crippen LogP contribution in [0.4, 0.5) is 15.9 Å². The Bertz CT molecular complexity index is 1080. The molecule has 120 valence electrons. The number of hydrogen-bond acceptors (Lipinski definition) is 4. The molecule has 0 fully saturated rings. The van der Waals surface area contributed by atoms with Crippen molar-refractivity contribution in [1.29, 1.82) is 0 Å². The van der Waals surface area contributed by atoms with Gasteiger partial charge in [-0.15, -0.1) is 10.2 Å². The van der Waals surface area contributed by atoms with Gasteiger partial charge in [0.1, 0.15) is 12.1 Å². The second-order valence-corrected chi connectivity index (χ2v) is 6.52. The molecule has 4 aromatic rings. The smallest absolute Gasteiger partial charge is 0.257 e. The van der Waals surface area contributed by atoms with Gasteiger partial charge in [0.25, 0.3) is 5.78 Å². The van der Waals surface area contributed by atoms with Gasteiger partial charge in [0.05, 0.1) is 15.7 Å². The summed E-state index contributed by atoms with van der Waals surface area (Å²) in [6.45, 7) is 0. The standard InChI is InChI=1S/C16H10BrClFN5/c1-23(12-4-2-3-11(17)14(12)19)15-10-6-5-9(18)7-13(10)24-8-20-22-16(24)21-15/h2-8H,1H3. The molecule has 0 atom stereocenters. The summed E-state index contributed by atoms with van der Waals surface area (Å²) in [6, 6.07) is 10.6. The van der Waals surface area contributed by atoms with E-state index in [-0.39, 0.29) is 5.82 Å². The van der Waals surface area contributed by atoms with Crippen LogP contribution in [0, 0.1) is 5.82 Å². The van der Waals surface area contributed by atoms with Crippen LogP contribution in [0.25, 0.3) is 16.7 Å². The molecular formula is C16H10BrClFN5. The summed E-state index contributed by atoms with van der Waals surface area (Å²) in [5.41, 5.74) is 1.20. The summed E-state index contributed by atoms with van der Waals surface area (Å²) in [6.07, 6.45) is 1.57. The molecule has 0 aliphatic carbocycles. The summed E-state index contributed by atoms with van der Waals surface area (Å²) >= 11 is 9.34. The van der Waals surface area contributed by atoms with Crippen molar-refractivity contribution in [1.82, 2.24) is 19.6 Å². The van der Waals surface area contributed by atoms with Gasteiger partial charge in [0.15, 0.2) is 5.82 Å². The predicted molar refractivity (Wildman–Crippen MR) is 95.5 cm³/mol. The van der Waals surface area contributed by atoms with Crippen molar-refractivity contribution in [3.05, 3.63) is 58.0 Å². The fraction of sp³-hybridized carbons (Fsp3) is 0.0625. The molecule has 0 bridgehead atoms. The van der Waals surface area contributed by atoms with Crippen LogP contribution in [0.2, 0.25) is 5.02 Å². The third-order valence-electron chi connectivity index (χ3n) is 3.81. The van der Waals surface area contributed by atoms with Gasteiger partial charge in [-0.2, -0.15) is 4.98 Å². The highest BCUT2D eigenvalue weighted by Crippen LogP contribution is 2.34. The van der Waals surface area contributed by atoms with Crippen LogP contribution < -0.4 is 4.90 Å². The van der Waals surface area contributed by atoms with Crippen molar-refractivity contribution >= 4 is 55.7 Å². The SMILES string of the molecule is CN(c1cccc(Br)c1F)c1nc2nncn2c2cc(Cl)ccc12. The molecule has 0 unspecified atom stereocenters. The fourth-order valence-electron chi connectivity index (χ4n) is 2.64. The van der Waals surface area contributed by atoms with Gasteiger partial charge in [-0.25, -0.2) is 4.39 Å². The first-order valence-electron chi connectivity index (χ1n) is 7.03. The van der Waals surface area contributed by atoms with Crippen molar-refractivity contribution in [2.24, 2.45) is 0 Å². The summed E-state index contributed by atoms with van der Waals surface area (Å²) in [7, 11) is 1.76. The maximum atomic E-state index is 14.5. The molecule has 0 N–H and O–H groups in total. The Kier molecular flexibility index (Phi) is 3.62. The van der Waals surface area contributed by atoms with Crippen molar-refractivity contribution in [3.8, 4) is 0 Å². The van der Waals surface area contributed by atoms with Crippen molar-refractivity contribution < 1.29 is 4.39 Å². The predicted octanol–water partition coefficient (Wildman–Crippen LogP) is 4.60. The number of fused-ring (bicyclic) bond motifs is 3. The zero-order chi connectivity index (χ0) is 16.8. The Labute approximate surface area is 149 Å². The molecule has 0 aliphatic heterocycles. The molecule has 2 heterocycles. The first-order chi connectivity index (χ1) is 11.6.